The van der Waals surface area contributed by atoms with Crippen LogP contribution < -0.4 is 8.07 Å². The molecule has 0 spiro atoms. The van der Waals surface area contributed by atoms with Gasteiger partial charge in [0.25, 0.3) is 0 Å². The number of hydrogen-bond acceptors (Lipinski definition) is 2. The fraction of sp³-hybridized carbons (Fsp3) is 0.250. The third kappa shape index (κ3) is 2.52. The molecule has 2 rings (SSSR count). The van der Waals surface area contributed by atoms with E-state index in [0.29, 0.717) is 0 Å². The molecule has 0 aromatic heterocycles. The summed E-state index contributed by atoms with van der Waals surface area (Å²) >= 11 is -2.18. The Labute approximate surface area is 120 Å². The van der Waals surface area contributed by atoms with E-state index in [1.807, 2.05) is 0 Å². The molecule has 0 atom stereocenters. The van der Waals surface area contributed by atoms with Gasteiger partial charge >= 0.3 is 120 Å². The first-order chi connectivity index (χ1) is 9.10. The molecule has 0 saturated heterocycles. The summed E-state index contributed by atoms with van der Waals surface area (Å²) in [5, 5.41) is 0. The monoisotopic (exact) mass is 348 g/mol. The van der Waals surface area contributed by atoms with Gasteiger partial charge in [0, 0.05) is 0 Å². The first kappa shape index (κ1) is 14.4. The SMILES string of the molecule is C[N](C)[Pd]([c]1ccccc1)([c]1ccccc1)[N](C)C. The average molecular weight is 349 g/mol. The molecule has 2 aromatic carbocycles. The van der Waals surface area contributed by atoms with Gasteiger partial charge in [0.05, 0.1) is 0 Å². The topological polar surface area (TPSA) is 6.48 Å². The van der Waals surface area contributed by atoms with E-state index in [0.717, 1.165) is 0 Å². The van der Waals surface area contributed by atoms with Crippen molar-refractivity contribution in [2.75, 3.05) is 28.2 Å². The van der Waals surface area contributed by atoms with E-state index in [1.54, 1.807) is 0 Å². The van der Waals surface area contributed by atoms with E-state index in [9.17, 15) is 0 Å². The summed E-state index contributed by atoms with van der Waals surface area (Å²) in [6.07, 6.45) is 0. The van der Waals surface area contributed by atoms with Gasteiger partial charge in [-0.2, -0.15) is 0 Å². The normalized spacial score (nSPS) is 12.9. The van der Waals surface area contributed by atoms with E-state index in [1.165, 1.54) is 8.07 Å². The van der Waals surface area contributed by atoms with Gasteiger partial charge in [0.15, 0.2) is 0 Å². The Balaban J connectivity index is 2.69. The van der Waals surface area contributed by atoms with E-state index in [4.69, 9.17) is 0 Å². The number of hydrogen-bond donors (Lipinski definition) is 0. The quantitative estimate of drug-likeness (QED) is 0.777. The standard InChI is InChI=1S/2C6H5.2C2H6N.Pd/c2*1-2-4-6-5-3-1;2*1-3-2;/h2*1-5H;2*1-2H3;/q;;2*-1;+2. The number of rotatable bonds is 4. The Hall–Kier alpha value is -0.978. The van der Waals surface area contributed by atoms with Crippen molar-refractivity contribution in [3.8, 4) is 0 Å². The first-order valence-corrected chi connectivity index (χ1v) is 9.15. The molecule has 0 aliphatic carbocycles. The van der Waals surface area contributed by atoms with Gasteiger partial charge in [-0.3, -0.25) is 0 Å². The average Bonchev–Trinajstić information content (AvgIpc) is 2.41. The molecule has 0 fully saturated rings. The Morgan fingerprint density at radius 2 is 0.895 bits per heavy atom. The van der Waals surface area contributed by atoms with Crippen LogP contribution in [0.2, 0.25) is 0 Å². The molecule has 2 nitrogen and oxygen atoms in total. The van der Waals surface area contributed by atoms with Crippen LogP contribution in [0.5, 0.6) is 0 Å². The van der Waals surface area contributed by atoms with Crippen LogP contribution in [-0.4, -0.2) is 35.3 Å². The fourth-order valence-electron chi connectivity index (χ4n) is 2.11. The second kappa shape index (κ2) is 5.98. The maximum absolute atomic E-state index is 2.41. The van der Waals surface area contributed by atoms with Crippen molar-refractivity contribution in [3.63, 3.8) is 0 Å². The molecule has 0 N–H and O–H groups in total. The summed E-state index contributed by atoms with van der Waals surface area (Å²) in [6.45, 7) is 0. The van der Waals surface area contributed by atoms with Gasteiger partial charge in [-0.05, 0) is 0 Å². The predicted molar refractivity (Wildman–Crippen MR) is 79.5 cm³/mol. The maximum atomic E-state index is 2.41. The Morgan fingerprint density at radius 1 is 0.579 bits per heavy atom. The van der Waals surface area contributed by atoms with Crippen LogP contribution in [0.25, 0.3) is 0 Å². The molecule has 0 amide bonds. The molecule has 0 unspecified atom stereocenters. The molecular formula is C16H22N2Pd. The van der Waals surface area contributed by atoms with Crippen LogP contribution in [0.15, 0.2) is 60.7 Å². The van der Waals surface area contributed by atoms with Crippen LogP contribution >= 0.6 is 0 Å². The van der Waals surface area contributed by atoms with Crippen LogP contribution in [-0.2, 0) is 16.0 Å². The summed E-state index contributed by atoms with van der Waals surface area (Å²) in [6, 6.07) is 21.7. The molecule has 0 aliphatic heterocycles. The molecule has 0 aliphatic rings. The molecule has 3 heteroatoms. The second-order valence-corrected chi connectivity index (χ2v) is 11.1. The van der Waals surface area contributed by atoms with Gasteiger partial charge in [-0.15, -0.1) is 0 Å². The van der Waals surface area contributed by atoms with E-state index in [2.05, 4.69) is 95.9 Å². The zero-order valence-corrected chi connectivity index (χ0v) is 13.5. The Bertz CT molecular complexity index is 459. The van der Waals surface area contributed by atoms with Gasteiger partial charge in [0.2, 0.25) is 0 Å². The third-order valence-electron chi connectivity index (χ3n) is 2.75. The number of nitrogens with zero attached hydrogens (tertiary/aromatic N) is 2. The molecular weight excluding hydrogens is 327 g/mol. The predicted octanol–water partition coefficient (Wildman–Crippen LogP) is 1.74. The van der Waals surface area contributed by atoms with Crippen LogP contribution in [0.1, 0.15) is 0 Å². The van der Waals surface area contributed by atoms with E-state index in [-0.39, 0.29) is 0 Å². The molecule has 106 valence electrons. The molecule has 0 saturated carbocycles. The molecule has 0 heterocycles. The van der Waals surface area contributed by atoms with Gasteiger partial charge in [0.1, 0.15) is 0 Å². The summed E-state index contributed by atoms with van der Waals surface area (Å²) in [5.41, 5.74) is 0. The Kier molecular flexibility index (Phi) is 4.55. The van der Waals surface area contributed by atoms with Crippen molar-refractivity contribution >= 4 is 8.07 Å². The second-order valence-electron chi connectivity index (χ2n) is 4.41. The van der Waals surface area contributed by atoms with Gasteiger partial charge in [-0.1, -0.05) is 0 Å². The summed E-state index contributed by atoms with van der Waals surface area (Å²) < 4.78 is 7.67. The minimum atomic E-state index is -2.18. The van der Waals surface area contributed by atoms with Crippen molar-refractivity contribution in [1.29, 1.82) is 0 Å². The van der Waals surface area contributed by atoms with Crippen LogP contribution in [0, 0.1) is 0 Å². The molecule has 0 radical (unpaired) electrons. The molecule has 2 aromatic rings. The summed E-state index contributed by atoms with van der Waals surface area (Å²) in [5.74, 6) is 0. The van der Waals surface area contributed by atoms with Crippen molar-refractivity contribution in [2.45, 2.75) is 0 Å². The summed E-state index contributed by atoms with van der Waals surface area (Å²) in [7, 11) is 8.77. The first-order valence-electron chi connectivity index (χ1n) is 6.21. The van der Waals surface area contributed by atoms with Gasteiger partial charge < -0.3 is 0 Å². The van der Waals surface area contributed by atoms with Crippen LogP contribution in [0.3, 0.4) is 0 Å². The van der Waals surface area contributed by atoms with Crippen molar-refractivity contribution in [2.24, 2.45) is 0 Å². The van der Waals surface area contributed by atoms with Crippen molar-refractivity contribution in [3.05, 3.63) is 60.7 Å². The zero-order chi connectivity index (χ0) is 13.9. The number of benzene rings is 2. The zero-order valence-electron chi connectivity index (χ0n) is 12.0. The van der Waals surface area contributed by atoms with E-state index >= 15 is 0 Å². The fourth-order valence-corrected chi connectivity index (χ4v) is 9.13. The Morgan fingerprint density at radius 3 is 1.16 bits per heavy atom. The van der Waals surface area contributed by atoms with E-state index < -0.39 is 16.0 Å². The van der Waals surface area contributed by atoms with Crippen LogP contribution in [0.4, 0.5) is 0 Å². The van der Waals surface area contributed by atoms with Crippen molar-refractivity contribution < 1.29 is 16.0 Å². The van der Waals surface area contributed by atoms with Gasteiger partial charge in [-0.25, -0.2) is 0 Å². The third-order valence-corrected chi connectivity index (χ3v) is 10.3. The summed E-state index contributed by atoms with van der Waals surface area (Å²) in [4.78, 5) is 0. The molecule has 0 bridgehead atoms. The van der Waals surface area contributed by atoms with Crippen molar-refractivity contribution in [1.82, 2.24) is 7.07 Å². The minimum absolute atomic E-state index is 1.42. The molecule has 19 heavy (non-hydrogen) atoms.